The third kappa shape index (κ3) is 4.87. The Hall–Kier alpha value is -4.16. The predicted octanol–water partition coefficient (Wildman–Crippen LogP) is 2.50. The average molecular weight is 535 g/mol. The molecule has 1 aliphatic rings. The SMILES string of the molecule is CCOCCNC(=O)C1CN(c2cc(C)c3c(=O)c(C(=O)O)cn(-c4nc(-c5cccnc5)cs4)c3n2)C1. The highest BCUT2D eigenvalue weighted by Gasteiger charge is 2.34. The fourth-order valence-corrected chi connectivity index (χ4v) is 5.14. The van der Waals surface area contributed by atoms with Crippen LogP contribution in [0.5, 0.6) is 0 Å². The monoisotopic (exact) mass is 534 g/mol. The first-order valence-electron chi connectivity index (χ1n) is 12.1. The van der Waals surface area contributed by atoms with E-state index in [0.29, 0.717) is 60.7 Å². The zero-order chi connectivity index (χ0) is 26.8. The van der Waals surface area contributed by atoms with Crippen molar-refractivity contribution in [2.24, 2.45) is 5.92 Å². The van der Waals surface area contributed by atoms with Crippen molar-refractivity contribution in [3.8, 4) is 16.4 Å². The van der Waals surface area contributed by atoms with E-state index in [1.54, 1.807) is 30.0 Å². The lowest BCUT2D eigenvalue weighted by molar-refractivity contribution is -0.125. The molecule has 0 bridgehead atoms. The Morgan fingerprint density at radius 2 is 2.11 bits per heavy atom. The molecule has 1 fully saturated rings. The number of aryl methyl sites for hydroxylation is 1. The lowest BCUT2D eigenvalue weighted by atomic mass is 9.98. The molecule has 4 aromatic rings. The Labute approximate surface area is 221 Å². The molecule has 0 spiro atoms. The molecule has 12 heteroatoms. The molecule has 5 rings (SSSR count). The van der Waals surface area contributed by atoms with Crippen LogP contribution in [0.3, 0.4) is 0 Å². The van der Waals surface area contributed by atoms with Crippen molar-refractivity contribution in [1.29, 1.82) is 0 Å². The molecule has 2 N–H and O–H groups in total. The summed E-state index contributed by atoms with van der Waals surface area (Å²) in [6, 6.07) is 5.44. The minimum Gasteiger partial charge on any atom is -0.477 e. The number of rotatable bonds is 9. The van der Waals surface area contributed by atoms with E-state index in [4.69, 9.17) is 9.72 Å². The van der Waals surface area contributed by atoms with Crippen LogP contribution in [0.25, 0.3) is 27.4 Å². The van der Waals surface area contributed by atoms with Crippen LogP contribution in [0.1, 0.15) is 22.8 Å². The van der Waals surface area contributed by atoms with Crippen LogP contribution in [-0.4, -0.2) is 69.4 Å². The lowest BCUT2D eigenvalue weighted by Crippen LogP contribution is -2.54. The highest BCUT2D eigenvalue weighted by Crippen LogP contribution is 2.30. The molecule has 0 aliphatic carbocycles. The summed E-state index contributed by atoms with van der Waals surface area (Å²) in [4.78, 5) is 53.0. The standard InChI is InChI=1S/C26H26N6O5S/c1-3-37-8-7-28-24(34)17-11-31(12-17)20-9-15(2)21-22(33)18(25(35)36)13-32(23(21)30-20)26-29-19(14-38-26)16-5-4-6-27-10-16/h4-6,9-10,13-14,17H,3,7-8,11-12H2,1-2H3,(H,28,34)(H,35,36). The number of nitrogens with zero attached hydrogens (tertiary/aromatic N) is 5. The number of carboxylic acid groups (broad SMARTS) is 1. The second kappa shape index (κ2) is 10.7. The van der Waals surface area contributed by atoms with Gasteiger partial charge in [0, 0.05) is 55.8 Å². The number of anilines is 1. The number of pyridine rings is 3. The number of aromatic carboxylic acids is 1. The zero-order valence-electron chi connectivity index (χ0n) is 20.9. The van der Waals surface area contributed by atoms with Crippen molar-refractivity contribution in [1.82, 2.24) is 24.8 Å². The highest BCUT2D eigenvalue weighted by molar-refractivity contribution is 7.12. The predicted molar refractivity (Wildman–Crippen MR) is 143 cm³/mol. The van der Waals surface area contributed by atoms with Crippen LogP contribution in [0.2, 0.25) is 0 Å². The van der Waals surface area contributed by atoms with Crippen molar-refractivity contribution >= 4 is 40.1 Å². The first-order valence-corrected chi connectivity index (χ1v) is 13.0. The third-order valence-corrected chi connectivity index (χ3v) is 7.19. The Morgan fingerprint density at radius 3 is 2.82 bits per heavy atom. The summed E-state index contributed by atoms with van der Waals surface area (Å²) in [7, 11) is 0. The van der Waals surface area contributed by atoms with E-state index in [1.165, 1.54) is 17.5 Å². The Morgan fingerprint density at radius 1 is 1.29 bits per heavy atom. The molecule has 0 aromatic carbocycles. The van der Waals surface area contributed by atoms with Crippen LogP contribution >= 0.6 is 11.3 Å². The molecular weight excluding hydrogens is 508 g/mol. The van der Waals surface area contributed by atoms with Gasteiger partial charge < -0.3 is 20.1 Å². The molecule has 1 amide bonds. The van der Waals surface area contributed by atoms with Crippen molar-refractivity contribution < 1.29 is 19.4 Å². The number of amides is 1. The summed E-state index contributed by atoms with van der Waals surface area (Å²) >= 11 is 1.31. The molecular formula is C26H26N6O5S. The van der Waals surface area contributed by atoms with Gasteiger partial charge in [0.15, 0.2) is 10.8 Å². The smallest absolute Gasteiger partial charge is 0.341 e. The van der Waals surface area contributed by atoms with Gasteiger partial charge in [0.1, 0.15) is 11.4 Å². The minimum absolute atomic E-state index is 0.0350. The van der Waals surface area contributed by atoms with Crippen molar-refractivity contribution in [3.05, 3.63) is 63.5 Å². The summed E-state index contributed by atoms with van der Waals surface area (Å²) in [5, 5.41) is 15.1. The van der Waals surface area contributed by atoms with Gasteiger partial charge in [-0.3, -0.25) is 19.1 Å². The average Bonchev–Trinajstić information content (AvgIpc) is 3.36. The van der Waals surface area contributed by atoms with Gasteiger partial charge in [0.2, 0.25) is 11.3 Å². The van der Waals surface area contributed by atoms with E-state index in [2.05, 4.69) is 15.3 Å². The molecule has 5 heterocycles. The Kier molecular flexibility index (Phi) is 7.16. The number of thiazole rings is 1. The third-order valence-electron chi connectivity index (χ3n) is 6.35. The van der Waals surface area contributed by atoms with Crippen LogP contribution in [0.15, 0.2) is 47.0 Å². The first-order chi connectivity index (χ1) is 18.4. The topological polar surface area (TPSA) is 140 Å². The van der Waals surface area contributed by atoms with Crippen LogP contribution in [0, 0.1) is 12.8 Å². The van der Waals surface area contributed by atoms with Gasteiger partial charge >= 0.3 is 5.97 Å². The number of carboxylic acids is 1. The summed E-state index contributed by atoms with van der Waals surface area (Å²) < 4.78 is 6.81. The molecule has 1 saturated heterocycles. The number of aromatic nitrogens is 4. The van der Waals surface area contributed by atoms with E-state index in [9.17, 15) is 19.5 Å². The maximum Gasteiger partial charge on any atom is 0.341 e. The van der Waals surface area contributed by atoms with Gasteiger partial charge in [-0.25, -0.2) is 14.8 Å². The Balaban J connectivity index is 1.49. The van der Waals surface area contributed by atoms with Gasteiger partial charge in [-0.1, -0.05) is 0 Å². The molecule has 1 aliphatic heterocycles. The van der Waals surface area contributed by atoms with E-state index in [-0.39, 0.29) is 22.8 Å². The molecule has 0 radical (unpaired) electrons. The van der Waals surface area contributed by atoms with Crippen molar-refractivity contribution in [3.63, 3.8) is 0 Å². The zero-order valence-corrected chi connectivity index (χ0v) is 21.7. The fourth-order valence-electron chi connectivity index (χ4n) is 4.33. The molecule has 11 nitrogen and oxygen atoms in total. The molecule has 196 valence electrons. The van der Waals surface area contributed by atoms with E-state index in [0.717, 1.165) is 5.56 Å². The number of ether oxygens (including phenoxy) is 1. The van der Waals surface area contributed by atoms with Gasteiger partial charge in [0.25, 0.3) is 0 Å². The maximum absolute atomic E-state index is 13.1. The Bertz CT molecular complexity index is 1560. The van der Waals surface area contributed by atoms with E-state index >= 15 is 0 Å². The molecule has 0 unspecified atom stereocenters. The minimum atomic E-state index is -1.32. The van der Waals surface area contributed by atoms with Gasteiger partial charge in [-0.15, -0.1) is 11.3 Å². The van der Waals surface area contributed by atoms with Gasteiger partial charge in [0.05, 0.1) is 23.6 Å². The summed E-state index contributed by atoms with van der Waals surface area (Å²) in [6.45, 7) is 6.16. The normalized spacial score (nSPS) is 13.5. The molecule has 0 atom stereocenters. The van der Waals surface area contributed by atoms with Crippen molar-refractivity contribution in [2.75, 3.05) is 37.7 Å². The van der Waals surface area contributed by atoms with Crippen LogP contribution in [-0.2, 0) is 9.53 Å². The largest absolute Gasteiger partial charge is 0.477 e. The lowest BCUT2D eigenvalue weighted by Gasteiger charge is -2.39. The van der Waals surface area contributed by atoms with E-state index < -0.39 is 11.4 Å². The number of nitrogens with one attached hydrogen (secondary N) is 1. The van der Waals surface area contributed by atoms with Crippen LogP contribution < -0.4 is 15.6 Å². The second-order valence-electron chi connectivity index (χ2n) is 8.89. The number of hydrogen-bond acceptors (Lipinski definition) is 9. The van der Waals surface area contributed by atoms with Gasteiger partial charge in [-0.2, -0.15) is 0 Å². The first kappa shape index (κ1) is 25.5. The maximum atomic E-state index is 13.1. The second-order valence-corrected chi connectivity index (χ2v) is 9.73. The number of carbonyl (C=O) groups is 2. The van der Waals surface area contributed by atoms with Crippen LogP contribution in [0.4, 0.5) is 5.82 Å². The highest BCUT2D eigenvalue weighted by atomic mass is 32.1. The summed E-state index contributed by atoms with van der Waals surface area (Å²) in [6.07, 6.45) is 4.64. The summed E-state index contributed by atoms with van der Waals surface area (Å²) in [5.41, 5.74) is 1.44. The number of carbonyl (C=O) groups excluding carboxylic acids is 1. The van der Waals surface area contributed by atoms with Gasteiger partial charge in [-0.05, 0) is 37.6 Å². The van der Waals surface area contributed by atoms with Crippen molar-refractivity contribution in [2.45, 2.75) is 13.8 Å². The summed E-state index contributed by atoms with van der Waals surface area (Å²) in [5.74, 6) is -0.924. The number of hydrogen-bond donors (Lipinski definition) is 2. The number of fused-ring (bicyclic) bond motifs is 1. The molecule has 38 heavy (non-hydrogen) atoms. The molecule has 0 saturated carbocycles. The fraction of sp³-hybridized carbons (Fsp3) is 0.308. The molecule has 4 aromatic heterocycles. The van der Waals surface area contributed by atoms with E-state index in [1.807, 2.05) is 29.3 Å². The quantitative estimate of drug-likeness (QED) is 0.310.